The zero-order valence-electron chi connectivity index (χ0n) is 14.5. The minimum atomic E-state index is -0.484. The number of hydrogen-bond acceptors (Lipinski definition) is 3. The van der Waals surface area contributed by atoms with Gasteiger partial charge in [-0.2, -0.15) is 0 Å². The summed E-state index contributed by atoms with van der Waals surface area (Å²) in [7, 11) is 0. The van der Waals surface area contributed by atoms with Crippen molar-refractivity contribution in [3.05, 3.63) is 29.8 Å². The summed E-state index contributed by atoms with van der Waals surface area (Å²) >= 11 is 0. The highest BCUT2D eigenvalue weighted by atomic mass is 16.6. The van der Waals surface area contributed by atoms with Crippen LogP contribution in [0.25, 0.3) is 0 Å². The lowest BCUT2D eigenvalue weighted by Crippen LogP contribution is -2.27. The predicted molar refractivity (Wildman–Crippen MR) is 92.1 cm³/mol. The number of carbonyl (C=O) groups excluding carboxylic acids is 1. The second-order valence-corrected chi connectivity index (χ2v) is 6.75. The fourth-order valence-electron chi connectivity index (χ4n) is 2.03. The first kappa shape index (κ1) is 18.5. The first-order valence-corrected chi connectivity index (χ1v) is 8.12. The molecule has 1 rings (SSSR count). The molecular weight excluding hydrogens is 276 g/mol. The lowest BCUT2D eigenvalue weighted by atomic mass is 10.1. The predicted octanol–water partition coefficient (Wildman–Crippen LogP) is 4.70. The molecule has 0 saturated heterocycles. The summed E-state index contributed by atoms with van der Waals surface area (Å²) in [6.07, 6.45) is 3.27. The van der Waals surface area contributed by atoms with Gasteiger partial charge in [0.05, 0.1) is 0 Å². The third kappa shape index (κ3) is 8.03. The van der Waals surface area contributed by atoms with Gasteiger partial charge in [0.25, 0.3) is 0 Å². The first-order valence-electron chi connectivity index (χ1n) is 8.12. The van der Waals surface area contributed by atoms with Gasteiger partial charge in [-0.05, 0) is 51.8 Å². The fraction of sp³-hybridized carbons (Fsp3) is 0.611. The van der Waals surface area contributed by atoms with Crippen LogP contribution in [0.5, 0.6) is 0 Å². The Morgan fingerprint density at radius 2 is 1.86 bits per heavy atom. The van der Waals surface area contributed by atoms with E-state index in [1.165, 1.54) is 24.8 Å². The minimum Gasteiger partial charge on any atom is -0.444 e. The van der Waals surface area contributed by atoms with Crippen molar-refractivity contribution in [3.8, 4) is 0 Å². The molecule has 0 aliphatic carbocycles. The topological polar surface area (TPSA) is 50.4 Å². The average Bonchev–Trinajstić information content (AvgIpc) is 2.42. The highest BCUT2D eigenvalue weighted by Gasteiger charge is 2.16. The third-order valence-electron chi connectivity index (χ3n) is 3.24. The van der Waals surface area contributed by atoms with Crippen LogP contribution < -0.4 is 10.6 Å². The molecule has 4 heteroatoms. The van der Waals surface area contributed by atoms with Gasteiger partial charge in [-0.1, -0.05) is 31.9 Å². The molecule has 0 saturated carbocycles. The van der Waals surface area contributed by atoms with E-state index in [1.54, 1.807) is 0 Å². The number of carbonyl (C=O) groups is 1. The Hall–Kier alpha value is -1.55. The highest BCUT2D eigenvalue weighted by molar-refractivity contribution is 5.84. The molecule has 1 aromatic rings. The van der Waals surface area contributed by atoms with Gasteiger partial charge < -0.3 is 10.1 Å². The molecule has 4 nitrogen and oxygen atoms in total. The number of ether oxygens (including phenoxy) is 1. The smallest absolute Gasteiger partial charge is 0.412 e. The van der Waals surface area contributed by atoms with E-state index in [-0.39, 0.29) is 0 Å². The normalized spacial score (nSPS) is 12.8. The van der Waals surface area contributed by atoms with E-state index in [1.807, 2.05) is 45.0 Å². The molecule has 124 valence electrons. The van der Waals surface area contributed by atoms with Crippen LogP contribution in [0, 0.1) is 0 Å². The standard InChI is InChI=1S/C18H30N2O2/c1-6-7-8-14(2)19-13-15-9-11-16(12-10-15)20-17(21)22-18(3,4)5/h9-12,14,19H,6-8,13H2,1-5H3,(H,20,21). The van der Waals surface area contributed by atoms with E-state index in [0.29, 0.717) is 6.04 Å². The van der Waals surface area contributed by atoms with Gasteiger partial charge in [-0.3, -0.25) is 5.32 Å². The summed E-state index contributed by atoms with van der Waals surface area (Å²) in [6.45, 7) is 10.8. The molecule has 1 amide bonds. The van der Waals surface area contributed by atoms with Crippen LogP contribution in [-0.4, -0.2) is 17.7 Å². The average molecular weight is 306 g/mol. The molecule has 0 spiro atoms. The van der Waals surface area contributed by atoms with Crippen molar-refractivity contribution in [2.45, 2.75) is 72.1 Å². The van der Waals surface area contributed by atoms with E-state index in [9.17, 15) is 4.79 Å². The van der Waals surface area contributed by atoms with Crippen molar-refractivity contribution in [1.82, 2.24) is 5.32 Å². The number of benzene rings is 1. The van der Waals surface area contributed by atoms with Crippen LogP contribution in [0.4, 0.5) is 10.5 Å². The molecular formula is C18H30N2O2. The molecule has 1 aromatic carbocycles. The number of hydrogen-bond donors (Lipinski definition) is 2. The summed E-state index contributed by atoms with van der Waals surface area (Å²) in [6, 6.07) is 8.37. The van der Waals surface area contributed by atoms with Gasteiger partial charge in [-0.25, -0.2) is 4.79 Å². The summed E-state index contributed by atoms with van der Waals surface area (Å²) in [4.78, 5) is 11.7. The Morgan fingerprint density at radius 1 is 1.23 bits per heavy atom. The number of amides is 1. The Bertz CT molecular complexity index is 449. The largest absolute Gasteiger partial charge is 0.444 e. The summed E-state index contributed by atoms with van der Waals surface area (Å²) < 4.78 is 5.23. The van der Waals surface area contributed by atoms with Crippen LogP contribution in [-0.2, 0) is 11.3 Å². The Morgan fingerprint density at radius 3 is 2.41 bits per heavy atom. The molecule has 2 N–H and O–H groups in total. The van der Waals surface area contributed by atoms with Crippen molar-refractivity contribution in [2.75, 3.05) is 5.32 Å². The van der Waals surface area contributed by atoms with Crippen molar-refractivity contribution in [3.63, 3.8) is 0 Å². The molecule has 1 unspecified atom stereocenters. The number of anilines is 1. The van der Waals surface area contributed by atoms with Gasteiger partial charge >= 0.3 is 6.09 Å². The van der Waals surface area contributed by atoms with Gasteiger partial charge in [0, 0.05) is 18.3 Å². The Labute approximate surface area is 134 Å². The van der Waals surface area contributed by atoms with Gasteiger partial charge in [-0.15, -0.1) is 0 Å². The highest BCUT2D eigenvalue weighted by Crippen LogP contribution is 2.13. The first-order chi connectivity index (χ1) is 10.3. The Kier molecular flexibility index (Phi) is 7.39. The van der Waals surface area contributed by atoms with E-state index in [4.69, 9.17) is 4.74 Å². The van der Waals surface area contributed by atoms with Crippen LogP contribution in [0.2, 0.25) is 0 Å². The maximum Gasteiger partial charge on any atom is 0.412 e. The van der Waals surface area contributed by atoms with E-state index < -0.39 is 11.7 Å². The lowest BCUT2D eigenvalue weighted by molar-refractivity contribution is 0.0636. The molecule has 0 bridgehead atoms. The van der Waals surface area contributed by atoms with E-state index in [0.717, 1.165) is 12.2 Å². The van der Waals surface area contributed by atoms with Gasteiger partial charge in [0.2, 0.25) is 0 Å². The van der Waals surface area contributed by atoms with Gasteiger partial charge in [0.1, 0.15) is 5.60 Å². The number of unbranched alkanes of at least 4 members (excludes halogenated alkanes) is 1. The number of nitrogens with one attached hydrogen (secondary N) is 2. The third-order valence-corrected chi connectivity index (χ3v) is 3.24. The molecule has 22 heavy (non-hydrogen) atoms. The zero-order chi connectivity index (χ0) is 16.6. The van der Waals surface area contributed by atoms with Gasteiger partial charge in [0.15, 0.2) is 0 Å². The molecule has 0 aliphatic heterocycles. The van der Waals surface area contributed by atoms with Crippen LogP contribution >= 0.6 is 0 Å². The zero-order valence-corrected chi connectivity index (χ0v) is 14.5. The van der Waals surface area contributed by atoms with Crippen LogP contribution in [0.3, 0.4) is 0 Å². The summed E-state index contributed by atoms with van der Waals surface area (Å²) in [5.74, 6) is 0. The van der Waals surface area contributed by atoms with Crippen molar-refractivity contribution in [1.29, 1.82) is 0 Å². The SMILES string of the molecule is CCCCC(C)NCc1ccc(NC(=O)OC(C)(C)C)cc1. The van der Waals surface area contributed by atoms with Crippen molar-refractivity contribution >= 4 is 11.8 Å². The quantitative estimate of drug-likeness (QED) is 0.767. The summed E-state index contributed by atoms with van der Waals surface area (Å²) in [5.41, 5.74) is 1.47. The van der Waals surface area contributed by atoms with E-state index in [2.05, 4.69) is 24.5 Å². The lowest BCUT2D eigenvalue weighted by Gasteiger charge is -2.19. The van der Waals surface area contributed by atoms with Crippen LogP contribution in [0.15, 0.2) is 24.3 Å². The van der Waals surface area contributed by atoms with E-state index >= 15 is 0 Å². The maximum absolute atomic E-state index is 11.7. The molecule has 0 heterocycles. The molecule has 0 aliphatic rings. The van der Waals surface area contributed by atoms with Crippen molar-refractivity contribution in [2.24, 2.45) is 0 Å². The molecule has 1 atom stereocenters. The molecule has 0 radical (unpaired) electrons. The second-order valence-electron chi connectivity index (χ2n) is 6.75. The van der Waals surface area contributed by atoms with Crippen LogP contribution in [0.1, 0.15) is 59.4 Å². The maximum atomic E-state index is 11.7. The summed E-state index contributed by atoms with van der Waals surface area (Å²) in [5, 5.41) is 6.25. The van der Waals surface area contributed by atoms with Crippen molar-refractivity contribution < 1.29 is 9.53 Å². The molecule has 0 aromatic heterocycles. The number of rotatable bonds is 7. The minimum absolute atomic E-state index is 0.424. The Balaban J connectivity index is 2.41. The monoisotopic (exact) mass is 306 g/mol. The fourth-order valence-corrected chi connectivity index (χ4v) is 2.03. The molecule has 0 fully saturated rings. The second kappa shape index (κ2) is 8.79.